The minimum Gasteiger partial charge on any atom is -0.482 e. The van der Waals surface area contributed by atoms with Gasteiger partial charge in [0.05, 0.1) is 5.69 Å². The van der Waals surface area contributed by atoms with Crippen LogP contribution in [0.2, 0.25) is 0 Å². The number of amides is 2. The number of fused-ring (bicyclic) bond motifs is 1. The summed E-state index contributed by atoms with van der Waals surface area (Å²) in [6, 6.07) is 15.8. The summed E-state index contributed by atoms with van der Waals surface area (Å²) >= 11 is 0. The van der Waals surface area contributed by atoms with E-state index in [1.54, 1.807) is 4.90 Å². The summed E-state index contributed by atoms with van der Waals surface area (Å²) in [4.78, 5) is 28.9. The molecule has 1 saturated heterocycles. The second kappa shape index (κ2) is 9.76. The van der Waals surface area contributed by atoms with Crippen LogP contribution in [-0.2, 0) is 22.7 Å². The smallest absolute Gasteiger partial charge is 0.265 e. The summed E-state index contributed by atoms with van der Waals surface area (Å²) in [6.45, 7) is 4.11. The first-order valence-electron chi connectivity index (χ1n) is 10.8. The number of nitrogens with zero attached hydrogens (tertiary/aromatic N) is 2. The van der Waals surface area contributed by atoms with Crippen LogP contribution in [0.5, 0.6) is 5.75 Å². The minimum atomic E-state index is -0.117. The lowest BCUT2D eigenvalue weighted by Gasteiger charge is -2.29. The van der Waals surface area contributed by atoms with Crippen molar-refractivity contribution in [2.45, 2.75) is 38.8 Å². The van der Waals surface area contributed by atoms with Crippen molar-refractivity contribution in [3.8, 4) is 5.75 Å². The number of hydrogen-bond acceptors (Lipinski definition) is 4. The first kappa shape index (κ1) is 20.4. The van der Waals surface area contributed by atoms with Crippen LogP contribution in [0.1, 0.15) is 36.8 Å². The van der Waals surface area contributed by atoms with Crippen LogP contribution >= 0.6 is 0 Å². The number of benzene rings is 2. The molecule has 30 heavy (non-hydrogen) atoms. The first-order valence-corrected chi connectivity index (χ1v) is 10.8. The number of rotatable bonds is 7. The minimum absolute atomic E-state index is 0.0164. The van der Waals surface area contributed by atoms with Crippen LogP contribution in [0.25, 0.3) is 0 Å². The van der Waals surface area contributed by atoms with E-state index in [1.807, 2.05) is 30.3 Å². The Balaban J connectivity index is 1.31. The Labute approximate surface area is 177 Å². The van der Waals surface area contributed by atoms with Gasteiger partial charge in [0.1, 0.15) is 5.75 Å². The predicted octanol–water partition coefficient (Wildman–Crippen LogP) is 3.10. The molecule has 6 nitrogen and oxygen atoms in total. The zero-order chi connectivity index (χ0) is 20.8. The number of para-hydroxylation sites is 2. The number of nitrogens with one attached hydrogen (secondary N) is 1. The summed E-state index contributed by atoms with van der Waals surface area (Å²) in [5.74, 6) is 0.511. The standard InChI is InChI=1S/C24H29N3O3/c28-23(12-15-27-21-10-4-5-11-22(21)30-18-24(27)29)25-16-19-8-2-3-9-20(19)17-26-13-6-1-7-14-26/h2-5,8-11H,1,6-7,12-18H2,(H,25,28). The van der Waals surface area contributed by atoms with Crippen molar-refractivity contribution in [3.05, 3.63) is 59.7 Å². The molecule has 2 aliphatic rings. The first-order chi connectivity index (χ1) is 14.7. The van der Waals surface area contributed by atoms with E-state index in [4.69, 9.17) is 4.74 Å². The number of carbonyl (C=O) groups excluding carboxylic acids is 2. The largest absolute Gasteiger partial charge is 0.482 e. The molecule has 0 atom stereocenters. The third-order valence-corrected chi connectivity index (χ3v) is 5.81. The molecule has 2 heterocycles. The molecule has 2 aromatic carbocycles. The van der Waals surface area contributed by atoms with E-state index in [9.17, 15) is 9.59 Å². The number of ether oxygens (including phenoxy) is 1. The van der Waals surface area contributed by atoms with Crippen molar-refractivity contribution >= 4 is 17.5 Å². The third kappa shape index (κ3) is 5.00. The van der Waals surface area contributed by atoms with Gasteiger partial charge in [-0.25, -0.2) is 0 Å². The Morgan fingerprint density at radius 1 is 0.967 bits per heavy atom. The average molecular weight is 408 g/mol. The van der Waals surface area contributed by atoms with Crippen molar-refractivity contribution < 1.29 is 14.3 Å². The summed E-state index contributed by atoms with van der Waals surface area (Å²) in [6.07, 6.45) is 4.11. The van der Waals surface area contributed by atoms with Crippen LogP contribution in [0, 0.1) is 0 Å². The van der Waals surface area contributed by atoms with E-state index in [0.717, 1.165) is 30.9 Å². The van der Waals surface area contributed by atoms with Crippen molar-refractivity contribution in [2.75, 3.05) is 31.1 Å². The van der Waals surface area contributed by atoms with Crippen LogP contribution in [-0.4, -0.2) is 43.0 Å². The zero-order valence-electron chi connectivity index (χ0n) is 17.3. The number of piperidine rings is 1. The van der Waals surface area contributed by atoms with Gasteiger partial charge in [-0.3, -0.25) is 14.5 Å². The molecule has 0 saturated carbocycles. The number of anilines is 1. The van der Waals surface area contributed by atoms with Crippen molar-refractivity contribution in [1.29, 1.82) is 0 Å². The topological polar surface area (TPSA) is 61.9 Å². The molecule has 158 valence electrons. The fourth-order valence-electron chi connectivity index (χ4n) is 4.14. The summed E-state index contributed by atoms with van der Waals surface area (Å²) in [5.41, 5.74) is 3.16. The SMILES string of the molecule is O=C(CCN1C(=O)COc2ccccc21)NCc1ccccc1CN1CCCCC1. The van der Waals surface area contributed by atoms with E-state index in [2.05, 4.69) is 28.4 Å². The number of likely N-dealkylation sites (tertiary alicyclic amines) is 1. The number of hydrogen-bond donors (Lipinski definition) is 1. The van der Waals surface area contributed by atoms with Crippen LogP contribution in [0.15, 0.2) is 48.5 Å². The van der Waals surface area contributed by atoms with E-state index in [-0.39, 0.29) is 24.8 Å². The molecule has 4 rings (SSSR count). The summed E-state index contributed by atoms with van der Waals surface area (Å²) in [7, 11) is 0. The van der Waals surface area contributed by atoms with Crippen LogP contribution in [0.3, 0.4) is 0 Å². The van der Waals surface area contributed by atoms with E-state index >= 15 is 0 Å². The molecule has 0 unspecified atom stereocenters. The molecule has 2 aliphatic heterocycles. The molecule has 6 heteroatoms. The molecule has 1 N–H and O–H groups in total. The quantitative estimate of drug-likeness (QED) is 0.766. The van der Waals surface area contributed by atoms with Gasteiger partial charge in [-0.1, -0.05) is 42.8 Å². The molecule has 0 radical (unpaired) electrons. The zero-order valence-corrected chi connectivity index (χ0v) is 17.3. The van der Waals surface area contributed by atoms with Crippen molar-refractivity contribution in [3.63, 3.8) is 0 Å². The normalized spacial score (nSPS) is 16.7. The predicted molar refractivity (Wildman–Crippen MR) is 116 cm³/mol. The van der Waals surface area contributed by atoms with Gasteiger partial charge < -0.3 is 15.0 Å². The monoisotopic (exact) mass is 407 g/mol. The van der Waals surface area contributed by atoms with Gasteiger partial charge in [0.15, 0.2) is 6.61 Å². The van der Waals surface area contributed by atoms with Crippen LogP contribution < -0.4 is 15.0 Å². The van der Waals surface area contributed by atoms with E-state index < -0.39 is 0 Å². The fourth-order valence-corrected chi connectivity index (χ4v) is 4.14. The number of carbonyl (C=O) groups is 2. The van der Waals surface area contributed by atoms with Crippen LogP contribution in [0.4, 0.5) is 5.69 Å². The Morgan fingerprint density at radius 2 is 1.70 bits per heavy atom. The summed E-state index contributed by atoms with van der Waals surface area (Å²) in [5, 5.41) is 3.03. The Kier molecular flexibility index (Phi) is 6.64. The van der Waals surface area contributed by atoms with Crippen molar-refractivity contribution in [2.24, 2.45) is 0 Å². The molecule has 2 amide bonds. The molecular weight excluding hydrogens is 378 g/mol. The Bertz CT molecular complexity index is 893. The molecule has 0 spiro atoms. The van der Waals surface area contributed by atoms with Gasteiger partial charge >= 0.3 is 0 Å². The second-order valence-corrected chi connectivity index (χ2v) is 7.93. The highest BCUT2D eigenvalue weighted by Gasteiger charge is 2.25. The molecule has 0 aromatic heterocycles. The fraction of sp³-hybridized carbons (Fsp3) is 0.417. The molecular formula is C24H29N3O3. The highest BCUT2D eigenvalue weighted by Crippen LogP contribution is 2.31. The molecule has 2 aromatic rings. The van der Waals surface area contributed by atoms with Gasteiger partial charge in [-0.2, -0.15) is 0 Å². The van der Waals surface area contributed by atoms with Gasteiger partial charge in [0, 0.05) is 26.1 Å². The lowest BCUT2D eigenvalue weighted by molar-refractivity contribution is -0.122. The molecule has 0 bridgehead atoms. The Hall–Kier alpha value is -2.86. The maximum Gasteiger partial charge on any atom is 0.265 e. The molecule has 0 aliphatic carbocycles. The van der Waals surface area contributed by atoms with Crippen molar-refractivity contribution in [1.82, 2.24) is 10.2 Å². The average Bonchev–Trinajstić information content (AvgIpc) is 2.78. The van der Waals surface area contributed by atoms with Gasteiger partial charge in [-0.05, 0) is 49.2 Å². The maximum atomic E-state index is 12.5. The third-order valence-electron chi connectivity index (χ3n) is 5.81. The second-order valence-electron chi connectivity index (χ2n) is 7.93. The lowest BCUT2D eigenvalue weighted by atomic mass is 10.0. The maximum absolute atomic E-state index is 12.5. The van der Waals surface area contributed by atoms with Gasteiger partial charge in [0.25, 0.3) is 5.91 Å². The summed E-state index contributed by atoms with van der Waals surface area (Å²) < 4.78 is 5.46. The van der Waals surface area contributed by atoms with Gasteiger partial charge in [-0.15, -0.1) is 0 Å². The molecule has 1 fully saturated rings. The van der Waals surface area contributed by atoms with Gasteiger partial charge in [0.2, 0.25) is 5.91 Å². The lowest BCUT2D eigenvalue weighted by Crippen LogP contribution is -2.41. The highest BCUT2D eigenvalue weighted by molar-refractivity contribution is 5.98. The van der Waals surface area contributed by atoms with E-state index in [0.29, 0.717) is 18.8 Å². The van der Waals surface area contributed by atoms with E-state index in [1.165, 1.54) is 24.8 Å². The Morgan fingerprint density at radius 3 is 2.53 bits per heavy atom. The highest BCUT2D eigenvalue weighted by atomic mass is 16.5.